The second-order valence-corrected chi connectivity index (χ2v) is 6.35. The Hall–Kier alpha value is -3.26. The van der Waals surface area contributed by atoms with Crippen molar-refractivity contribution in [2.45, 2.75) is 13.8 Å². The molecular formula is C24H20O2. The zero-order valence-corrected chi connectivity index (χ0v) is 14.9. The van der Waals surface area contributed by atoms with Crippen molar-refractivity contribution in [2.75, 3.05) is 0 Å². The molecule has 0 saturated heterocycles. The fourth-order valence-corrected chi connectivity index (χ4v) is 2.69. The van der Waals surface area contributed by atoms with Crippen molar-refractivity contribution < 1.29 is 9.59 Å². The normalized spacial score (nSPS) is 11.2. The molecule has 0 amide bonds. The standard InChI is InChI=1S/C24H20O2/c1-17-8-12-19(13-9-17)22(16-23(25)20-6-4-3-5-7-20)24(26)21-14-10-18(2)11-15-21/h3-16H,1-2H3. The van der Waals surface area contributed by atoms with E-state index in [0.717, 1.165) is 16.7 Å². The minimum Gasteiger partial charge on any atom is -0.289 e. The first-order chi connectivity index (χ1) is 12.5. The van der Waals surface area contributed by atoms with Crippen LogP contribution in [0.15, 0.2) is 84.9 Å². The van der Waals surface area contributed by atoms with Crippen LogP contribution in [-0.2, 0) is 0 Å². The van der Waals surface area contributed by atoms with Gasteiger partial charge in [0.05, 0.1) is 0 Å². The maximum absolute atomic E-state index is 13.1. The minimum absolute atomic E-state index is 0.155. The Kier molecular flexibility index (Phi) is 5.23. The highest BCUT2D eigenvalue weighted by Gasteiger charge is 2.16. The number of ketones is 2. The zero-order chi connectivity index (χ0) is 18.5. The second kappa shape index (κ2) is 7.75. The van der Waals surface area contributed by atoms with E-state index in [4.69, 9.17) is 0 Å². The highest BCUT2D eigenvalue weighted by atomic mass is 16.1. The average molecular weight is 340 g/mol. The summed E-state index contributed by atoms with van der Waals surface area (Å²) in [5, 5.41) is 0. The van der Waals surface area contributed by atoms with Crippen LogP contribution in [0.2, 0.25) is 0 Å². The molecule has 0 saturated carbocycles. The molecule has 0 fully saturated rings. The van der Waals surface area contributed by atoms with Gasteiger partial charge in [0.25, 0.3) is 0 Å². The number of carbonyl (C=O) groups is 2. The van der Waals surface area contributed by atoms with Crippen molar-refractivity contribution in [3.05, 3.63) is 113 Å². The van der Waals surface area contributed by atoms with Gasteiger partial charge in [-0.15, -0.1) is 0 Å². The Labute approximate surface area is 153 Å². The first-order valence-electron chi connectivity index (χ1n) is 8.54. The summed E-state index contributed by atoms with van der Waals surface area (Å²) in [6, 6.07) is 24.0. The number of rotatable bonds is 5. The number of aryl methyl sites for hydroxylation is 2. The Morgan fingerprint density at radius 1 is 0.615 bits per heavy atom. The molecule has 0 aromatic heterocycles. The Morgan fingerprint density at radius 2 is 1.12 bits per heavy atom. The van der Waals surface area contributed by atoms with Crippen LogP contribution < -0.4 is 0 Å². The predicted molar refractivity (Wildman–Crippen MR) is 105 cm³/mol. The van der Waals surface area contributed by atoms with Crippen molar-refractivity contribution in [1.82, 2.24) is 0 Å². The highest BCUT2D eigenvalue weighted by Crippen LogP contribution is 2.22. The largest absolute Gasteiger partial charge is 0.289 e. The van der Waals surface area contributed by atoms with Gasteiger partial charge in [0.15, 0.2) is 11.6 Å². The van der Waals surface area contributed by atoms with Gasteiger partial charge in [-0.1, -0.05) is 90.0 Å². The van der Waals surface area contributed by atoms with Gasteiger partial charge in [0.1, 0.15) is 0 Å². The van der Waals surface area contributed by atoms with Gasteiger partial charge in [0, 0.05) is 16.7 Å². The molecule has 128 valence electrons. The van der Waals surface area contributed by atoms with E-state index in [-0.39, 0.29) is 11.6 Å². The summed E-state index contributed by atoms with van der Waals surface area (Å²) >= 11 is 0. The van der Waals surface area contributed by atoms with Crippen molar-refractivity contribution in [3.8, 4) is 0 Å². The smallest absolute Gasteiger partial charge is 0.193 e. The van der Waals surface area contributed by atoms with Gasteiger partial charge in [-0.3, -0.25) is 9.59 Å². The summed E-state index contributed by atoms with van der Waals surface area (Å²) in [7, 11) is 0. The quantitative estimate of drug-likeness (QED) is 0.457. The summed E-state index contributed by atoms with van der Waals surface area (Å²) < 4.78 is 0. The van der Waals surface area contributed by atoms with Gasteiger partial charge < -0.3 is 0 Å². The molecule has 0 aliphatic heterocycles. The maximum Gasteiger partial charge on any atom is 0.193 e. The number of benzene rings is 3. The van der Waals surface area contributed by atoms with Crippen molar-refractivity contribution in [2.24, 2.45) is 0 Å². The molecule has 0 N–H and O–H groups in total. The number of hydrogen-bond donors (Lipinski definition) is 0. The zero-order valence-electron chi connectivity index (χ0n) is 14.9. The Balaban J connectivity index is 2.05. The van der Waals surface area contributed by atoms with Crippen LogP contribution in [0.4, 0.5) is 0 Å². The van der Waals surface area contributed by atoms with Crippen molar-refractivity contribution in [1.29, 1.82) is 0 Å². The molecule has 0 radical (unpaired) electrons. The molecule has 2 heteroatoms. The van der Waals surface area contributed by atoms with Crippen molar-refractivity contribution >= 4 is 17.1 Å². The third-order valence-corrected chi connectivity index (χ3v) is 4.25. The molecule has 0 spiro atoms. The van der Waals surface area contributed by atoms with Crippen LogP contribution in [0.1, 0.15) is 37.4 Å². The lowest BCUT2D eigenvalue weighted by Crippen LogP contribution is -2.06. The van der Waals surface area contributed by atoms with Crippen LogP contribution in [-0.4, -0.2) is 11.6 Å². The van der Waals surface area contributed by atoms with Crippen LogP contribution in [0, 0.1) is 13.8 Å². The first kappa shape index (κ1) is 17.6. The summed E-state index contributed by atoms with van der Waals surface area (Å²) in [4.78, 5) is 25.7. The van der Waals surface area contributed by atoms with E-state index in [1.165, 1.54) is 6.08 Å². The highest BCUT2D eigenvalue weighted by molar-refractivity contribution is 6.32. The third-order valence-electron chi connectivity index (χ3n) is 4.25. The van der Waals surface area contributed by atoms with E-state index >= 15 is 0 Å². The molecule has 3 aromatic rings. The molecule has 3 rings (SSSR count). The van der Waals surface area contributed by atoms with E-state index in [2.05, 4.69) is 0 Å². The van der Waals surface area contributed by atoms with Crippen LogP contribution in [0.5, 0.6) is 0 Å². The molecule has 0 atom stereocenters. The number of Topliss-reactive ketones (excluding diaryl/α,β-unsaturated/α-hetero) is 1. The van der Waals surface area contributed by atoms with Gasteiger partial charge in [-0.25, -0.2) is 0 Å². The summed E-state index contributed by atoms with van der Waals surface area (Å²) in [5.74, 6) is -0.334. The lowest BCUT2D eigenvalue weighted by Gasteiger charge is -2.09. The van der Waals surface area contributed by atoms with Gasteiger partial charge in [-0.2, -0.15) is 0 Å². The maximum atomic E-state index is 13.1. The van der Waals surface area contributed by atoms with E-state index in [1.54, 1.807) is 24.3 Å². The van der Waals surface area contributed by atoms with E-state index in [0.29, 0.717) is 16.7 Å². The third kappa shape index (κ3) is 4.04. The van der Waals surface area contributed by atoms with Crippen LogP contribution in [0.25, 0.3) is 5.57 Å². The summed E-state index contributed by atoms with van der Waals surface area (Å²) in [6.07, 6.45) is 1.45. The number of carbonyl (C=O) groups excluding carboxylic acids is 2. The molecule has 0 bridgehead atoms. The average Bonchev–Trinajstić information content (AvgIpc) is 2.67. The SMILES string of the molecule is Cc1ccc(C(=O)C(=CC(=O)c2ccccc2)c2ccc(C)cc2)cc1. The fraction of sp³-hybridized carbons (Fsp3) is 0.0833. The molecule has 0 aliphatic rings. The van der Waals surface area contributed by atoms with Crippen LogP contribution >= 0.6 is 0 Å². The number of allylic oxidation sites excluding steroid dienone is 2. The topological polar surface area (TPSA) is 34.1 Å². The van der Waals surface area contributed by atoms with Gasteiger partial charge in [0.2, 0.25) is 0 Å². The molecule has 0 heterocycles. The Morgan fingerprint density at radius 3 is 1.65 bits per heavy atom. The second-order valence-electron chi connectivity index (χ2n) is 6.35. The summed E-state index contributed by atoms with van der Waals surface area (Å²) in [6.45, 7) is 3.97. The van der Waals surface area contributed by atoms with Crippen molar-refractivity contribution in [3.63, 3.8) is 0 Å². The number of hydrogen-bond acceptors (Lipinski definition) is 2. The van der Waals surface area contributed by atoms with E-state index < -0.39 is 0 Å². The summed E-state index contributed by atoms with van der Waals surface area (Å²) in [5.41, 5.74) is 4.47. The lowest BCUT2D eigenvalue weighted by molar-refractivity contribution is 0.102. The predicted octanol–water partition coefficient (Wildman–Crippen LogP) is 5.45. The molecule has 0 aliphatic carbocycles. The molecule has 26 heavy (non-hydrogen) atoms. The minimum atomic E-state index is -0.179. The molecule has 0 unspecified atom stereocenters. The van der Waals surface area contributed by atoms with Crippen LogP contribution in [0.3, 0.4) is 0 Å². The van der Waals surface area contributed by atoms with Gasteiger partial charge >= 0.3 is 0 Å². The first-order valence-corrected chi connectivity index (χ1v) is 8.54. The Bertz CT molecular complexity index is 947. The molecular weight excluding hydrogens is 320 g/mol. The fourth-order valence-electron chi connectivity index (χ4n) is 2.69. The lowest BCUT2D eigenvalue weighted by atomic mass is 9.93. The van der Waals surface area contributed by atoms with E-state index in [1.807, 2.05) is 68.4 Å². The molecule has 3 aromatic carbocycles. The van der Waals surface area contributed by atoms with E-state index in [9.17, 15) is 9.59 Å². The van der Waals surface area contributed by atoms with Gasteiger partial charge in [-0.05, 0) is 25.5 Å². The monoisotopic (exact) mass is 340 g/mol. The molecule has 2 nitrogen and oxygen atoms in total.